The highest BCUT2D eigenvalue weighted by Gasteiger charge is 2.12. The molecule has 0 fully saturated rings. The third kappa shape index (κ3) is 3.15. The summed E-state index contributed by atoms with van der Waals surface area (Å²) in [6, 6.07) is 12.2. The van der Waals surface area contributed by atoms with Crippen LogP contribution in [0, 0.1) is 11.3 Å². The predicted molar refractivity (Wildman–Crippen MR) is 81.4 cm³/mol. The first kappa shape index (κ1) is 14.9. The van der Waals surface area contributed by atoms with Crippen LogP contribution in [-0.2, 0) is 0 Å². The molecule has 0 radical (unpaired) electrons. The molecule has 2 aromatic rings. The van der Waals surface area contributed by atoms with E-state index in [1.54, 1.807) is 36.4 Å². The second-order valence-corrected chi connectivity index (χ2v) is 6.15. The van der Waals surface area contributed by atoms with Gasteiger partial charge in [0, 0.05) is 14.3 Å². The van der Waals surface area contributed by atoms with Crippen LogP contribution in [-0.4, -0.2) is 11.1 Å². The zero-order chi connectivity index (χ0) is 14.7. The molecule has 0 heterocycles. The van der Waals surface area contributed by atoms with E-state index in [2.05, 4.69) is 22.0 Å². The fourth-order valence-electron chi connectivity index (χ4n) is 1.56. The molecule has 2 aromatic carbocycles. The van der Waals surface area contributed by atoms with E-state index in [1.165, 1.54) is 11.8 Å². The molecule has 0 unspecified atom stereocenters. The van der Waals surface area contributed by atoms with Crippen LogP contribution in [0.3, 0.4) is 0 Å². The molecular formula is C14H7BrClNO2S. The minimum Gasteiger partial charge on any atom is -0.478 e. The van der Waals surface area contributed by atoms with E-state index in [0.717, 1.165) is 4.90 Å². The Kier molecular flexibility index (Phi) is 4.71. The van der Waals surface area contributed by atoms with Crippen molar-refractivity contribution < 1.29 is 9.90 Å². The lowest BCUT2D eigenvalue weighted by Gasteiger charge is -2.07. The first-order valence-electron chi connectivity index (χ1n) is 5.42. The standard InChI is InChI=1S/C14H7BrClNO2S/c15-11-5-4-8(6-9(11)14(18)19)20-13-3-1-2-12(16)10(13)7-17/h1-6H,(H,18,19). The number of halogens is 2. The molecule has 0 aliphatic rings. The number of nitrogens with zero attached hydrogens (tertiary/aromatic N) is 1. The number of rotatable bonds is 3. The third-order valence-electron chi connectivity index (χ3n) is 2.48. The second kappa shape index (κ2) is 6.31. The molecule has 0 amide bonds. The summed E-state index contributed by atoms with van der Waals surface area (Å²) < 4.78 is 0.515. The van der Waals surface area contributed by atoms with Crippen LogP contribution in [0.25, 0.3) is 0 Å². The third-order valence-corrected chi connectivity index (χ3v) is 4.54. The van der Waals surface area contributed by atoms with E-state index in [4.69, 9.17) is 22.0 Å². The Balaban J connectivity index is 2.41. The van der Waals surface area contributed by atoms with Gasteiger partial charge in [0.05, 0.1) is 16.1 Å². The van der Waals surface area contributed by atoms with Crippen LogP contribution in [0.1, 0.15) is 15.9 Å². The molecule has 6 heteroatoms. The Morgan fingerprint density at radius 2 is 2.10 bits per heavy atom. The fourth-order valence-corrected chi connectivity index (χ4v) is 3.22. The first-order chi connectivity index (χ1) is 9.52. The molecule has 0 aliphatic heterocycles. The van der Waals surface area contributed by atoms with Crippen molar-refractivity contribution >= 4 is 45.3 Å². The number of carbonyl (C=O) groups is 1. The highest BCUT2D eigenvalue weighted by atomic mass is 79.9. The van der Waals surface area contributed by atoms with Crippen LogP contribution in [0.2, 0.25) is 5.02 Å². The maximum atomic E-state index is 11.1. The monoisotopic (exact) mass is 367 g/mol. The van der Waals surface area contributed by atoms with Crippen molar-refractivity contribution in [2.24, 2.45) is 0 Å². The summed E-state index contributed by atoms with van der Waals surface area (Å²) in [6.07, 6.45) is 0. The highest BCUT2D eigenvalue weighted by molar-refractivity contribution is 9.10. The van der Waals surface area contributed by atoms with Gasteiger partial charge in [0.2, 0.25) is 0 Å². The number of carboxylic acids is 1. The van der Waals surface area contributed by atoms with Crippen LogP contribution >= 0.6 is 39.3 Å². The minimum absolute atomic E-state index is 0.176. The first-order valence-corrected chi connectivity index (χ1v) is 7.41. The molecule has 2 rings (SSSR count). The molecule has 100 valence electrons. The van der Waals surface area contributed by atoms with E-state index in [0.29, 0.717) is 20.0 Å². The molecule has 0 aromatic heterocycles. The van der Waals surface area contributed by atoms with Gasteiger partial charge in [0.1, 0.15) is 6.07 Å². The lowest BCUT2D eigenvalue weighted by atomic mass is 10.2. The molecule has 20 heavy (non-hydrogen) atoms. The smallest absolute Gasteiger partial charge is 0.336 e. The normalized spacial score (nSPS) is 10.1. The number of carboxylic acid groups (broad SMARTS) is 1. The van der Waals surface area contributed by atoms with Crippen molar-refractivity contribution in [2.75, 3.05) is 0 Å². The van der Waals surface area contributed by atoms with Crippen molar-refractivity contribution in [3.63, 3.8) is 0 Å². The Labute approximate surface area is 133 Å². The summed E-state index contributed by atoms with van der Waals surface area (Å²) in [6.45, 7) is 0. The summed E-state index contributed by atoms with van der Waals surface area (Å²) in [7, 11) is 0. The molecule has 0 saturated heterocycles. The molecule has 0 aliphatic carbocycles. The summed E-state index contributed by atoms with van der Waals surface area (Å²) in [5.41, 5.74) is 0.564. The number of benzene rings is 2. The molecule has 3 nitrogen and oxygen atoms in total. The summed E-state index contributed by atoms with van der Waals surface area (Å²) in [5.74, 6) is -1.01. The molecule has 0 saturated carbocycles. The predicted octanol–water partition coefficient (Wildman–Crippen LogP) is 4.82. The van der Waals surface area contributed by atoms with Crippen LogP contribution in [0.5, 0.6) is 0 Å². The van der Waals surface area contributed by atoms with Crippen molar-refractivity contribution in [1.29, 1.82) is 5.26 Å². The summed E-state index contributed by atoms with van der Waals surface area (Å²) in [4.78, 5) is 12.5. The van der Waals surface area contributed by atoms with Crippen molar-refractivity contribution in [3.05, 3.63) is 57.0 Å². The summed E-state index contributed by atoms with van der Waals surface area (Å²) >= 11 is 10.5. The van der Waals surface area contributed by atoms with Crippen LogP contribution in [0.4, 0.5) is 0 Å². The maximum absolute atomic E-state index is 11.1. The molecule has 0 atom stereocenters. The number of nitriles is 1. The largest absolute Gasteiger partial charge is 0.478 e. The minimum atomic E-state index is -1.01. The van der Waals surface area contributed by atoms with Crippen LogP contribution < -0.4 is 0 Å². The fraction of sp³-hybridized carbons (Fsp3) is 0. The highest BCUT2D eigenvalue weighted by Crippen LogP contribution is 2.34. The maximum Gasteiger partial charge on any atom is 0.336 e. The van der Waals surface area contributed by atoms with E-state index in [9.17, 15) is 4.79 Å². The van der Waals surface area contributed by atoms with Crippen LogP contribution in [0.15, 0.2) is 50.7 Å². The lowest BCUT2D eigenvalue weighted by molar-refractivity contribution is 0.0695. The van der Waals surface area contributed by atoms with Gasteiger partial charge >= 0.3 is 5.97 Å². The average molecular weight is 369 g/mol. The topological polar surface area (TPSA) is 61.1 Å². The van der Waals surface area contributed by atoms with Crippen molar-refractivity contribution in [1.82, 2.24) is 0 Å². The molecular weight excluding hydrogens is 362 g/mol. The zero-order valence-electron chi connectivity index (χ0n) is 9.93. The average Bonchev–Trinajstić information content (AvgIpc) is 2.41. The SMILES string of the molecule is N#Cc1c(Cl)cccc1Sc1ccc(Br)c(C(=O)O)c1. The molecule has 0 bridgehead atoms. The van der Waals surface area contributed by atoms with Crippen molar-refractivity contribution in [2.45, 2.75) is 9.79 Å². The van der Waals surface area contributed by atoms with Gasteiger partial charge in [0.25, 0.3) is 0 Å². The van der Waals surface area contributed by atoms with Crippen molar-refractivity contribution in [3.8, 4) is 6.07 Å². The number of aromatic carboxylic acids is 1. The van der Waals surface area contributed by atoms with Gasteiger partial charge in [-0.2, -0.15) is 5.26 Å². The van der Waals surface area contributed by atoms with E-state index >= 15 is 0 Å². The summed E-state index contributed by atoms with van der Waals surface area (Å²) in [5, 5.41) is 18.6. The number of hydrogen-bond acceptors (Lipinski definition) is 3. The van der Waals surface area contributed by atoms with Gasteiger partial charge in [-0.1, -0.05) is 29.4 Å². The van der Waals surface area contributed by atoms with Gasteiger partial charge in [-0.25, -0.2) is 4.79 Å². The number of hydrogen-bond donors (Lipinski definition) is 1. The van der Waals surface area contributed by atoms with Gasteiger partial charge in [-0.3, -0.25) is 0 Å². The Hall–Kier alpha value is -1.48. The van der Waals surface area contributed by atoms with E-state index < -0.39 is 5.97 Å². The second-order valence-electron chi connectivity index (χ2n) is 3.77. The lowest BCUT2D eigenvalue weighted by Crippen LogP contribution is -1.97. The Morgan fingerprint density at radius 1 is 1.35 bits per heavy atom. The van der Waals surface area contributed by atoms with Gasteiger partial charge in [-0.05, 0) is 46.3 Å². The van der Waals surface area contributed by atoms with E-state index in [-0.39, 0.29) is 5.56 Å². The van der Waals surface area contributed by atoms with E-state index in [1.807, 2.05) is 0 Å². The van der Waals surface area contributed by atoms with Gasteiger partial charge in [0.15, 0.2) is 0 Å². The van der Waals surface area contributed by atoms with Gasteiger partial charge in [-0.15, -0.1) is 0 Å². The van der Waals surface area contributed by atoms with Gasteiger partial charge < -0.3 is 5.11 Å². The molecule has 1 N–H and O–H groups in total. The Bertz CT molecular complexity index is 728. The Morgan fingerprint density at radius 3 is 2.75 bits per heavy atom. The quantitative estimate of drug-likeness (QED) is 0.843. The molecule has 0 spiro atoms. The zero-order valence-corrected chi connectivity index (χ0v) is 13.1.